The number of benzene rings is 1. The molecular formula is C12H13Cl2NO3. The molecule has 0 aliphatic rings. The third-order valence-electron chi connectivity index (χ3n) is 2.04. The van der Waals surface area contributed by atoms with Gasteiger partial charge in [0.2, 0.25) is 0 Å². The molecule has 0 saturated carbocycles. The standard InChI is InChI=1S/C12H13Cl2NO3/c1-7(2)12(17)18-6-10(16)15-9-5-3-4-8(13)11(9)14/h3-5,7H,6H2,1-2H3,(H,15,16). The van der Waals surface area contributed by atoms with Crippen LogP contribution in [0.4, 0.5) is 5.69 Å². The number of rotatable bonds is 4. The zero-order chi connectivity index (χ0) is 13.7. The number of halogens is 2. The van der Waals surface area contributed by atoms with Gasteiger partial charge in [-0.25, -0.2) is 0 Å². The van der Waals surface area contributed by atoms with Crippen molar-refractivity contribution < 1.29 is 14.3 Å². The molecule has 1 rings (SSSR count). The molecule has 1 aromatic rings. The fourth-order valence-electron chi connectivity index (χ4n) is 1.09. The van der Waals surface area contributed by atoms with Crippen molar-refractivity contribution in [2.75, 3.05) is 11.9 Å². The molecule has 0 saturated heterocycles. The van der Waals surface area contributed by atoms with Gasteiger partial charge in [0.15, 0.2) is 6.61 Å². The van der Waals surface area contributed by atoms with Crippen LogP contribution in [0.5, 0.6) is 0 Å². The minimum Gasteiger partial charge on any atom is -0.455 e. The van der Waals surface area contributed by atoms with Crippen LogP contribution in [-0.2, 0) is 14.3 Å². The summed E-state index contributed by atoms with van der Waals surface area (Å²) in [6.07, 6.45) is 0. The van der Waals surface area contributed by atoms with Gasteiger partial charge in [0, 0.05) is 0 Å². The Morgan fingerprint density at radius 1 is 1.33 bits per heavy atom. The van der Waals surface area contributed by atoms with E-state index in [0.29, 0.717) is 10.7 Å². The molecule has 1 N–H and O–H groups in total. The lowest BCUT2D eigenvalue weighted by molar-refractivity contribution is -0.150. The highest BCUT2D eigenvalue weighted by atomic mass is 35.5. The summed E-state index contributed by atoms with van der Waals surface area (Å²) in [6.45, 7) is 3.03. The van der Waals surface area contributed by atoms with Gasteiger partial charge >= 0.3 is 5.97 Å². The first-order valence-corrected chi connectivity index (χ1v) is 6.08. The Morgan fingerprint density at radius 2 is 2.00 bits per heavy atom. The predicted octanol–water partition coefficient (Wildman–Crippen LogP) is 3.13. The average molecular weight is 290 g/mol. The molecule has 1 amide bonds. The van der Waals surface area contributed by atoms with E-state index in [4.69, 9.17) is 27.9 Å². The second-order valence-electron chi connectivity index (χ2n) is 3.91. The third-order valence-corrected chi connectivity index (χ3v) is 2.86. The van der Waals surface area contributed by atoms with Crippen molar-refractivity contribution in [1.82, 2.24) is 0 Å². The Morgan fingerprint density at radius 3 is 2.61 bits per heavy atom. The Balaban J connectivity index is 2.55. The van der Waals surface area contributed by atoms with Crippen LogP contribution in [0.3, 0.4) is 0 Å². The summed E-state index contributed by atoms with van der Waals surface area (Å²) in [5.74, 6) is -1.16. The van der Waals surface area contributed by atoms with Crippen molar-refractivity contribution in [1.29, 1.82) is 0 Å². The molecule has 0 heterocycles. The minimum atomic E-state index is -0.465. The zero-order valence-corrected chi connectivity index (χ0v) is 11.5. The summed E-state index contributed by atoms with van der Waals surface area (Å²) in [5.41, 5.74) is 0.384. The summed E-state index contributed by atoms with van der Waals surface area (Å²) < 4.78 is 4.78. The van der Waals surface area contributed by atoms with Gasteiger partial charge in [-0.2, -0.15) is 0 Å². The average Bonchev–Trinajstić information content (AvgIpc) is 2.32. The molecule has 0 aliphatic carbocycles. The Kier molecular flexibility index (Phi) is 5.44. The first-order valence-electron chi connectivity index (χ1n) is 5.32. The van der Waals surface area contributed by atoms with E-state index < -0.39 is 11.9 Å². The first kappa shape index (κ1) is 14.8. The second-order valence-corrected chi connectivity index (χ2v) is 4.70. The second kappa shape index (κ2) is 6.61. The van der Waals surface area contributed by atoms with E-state index in [0.717, 1.165) is 0 Å². The van der Waals surface area contributed by atoms with Crippen LogP contribution in [0.15, 0.2) is 18.2 Å². The molecule has 0 spiro atoms. The largest absolute Gasteiger partial charge is 0.455 e. The van der Waals surface area contributed by atoms with Crippen molar-refractivity contribution in [2.45, 2.75) is 13.8 Å². The SMILES string of the molecule is CC(C)C(=O)OCC(=O)Nc1cccc(Cl)c1Cl. The first-order chi connectivity index (χ1) is 8.41. The lowest BCUT2D eigenvalue weighted by Crippen LogP contribution is -2.22. The van der Waals surface area contributed by atoms with Gasteiger partial charge in [0.25, 0.3) is 5.91 Å². The van der Waals surface area contributed by atoms with Crippen LogP contribution in [0, 0.1) is 5.92 Å². The summed E-state index contributed by atoms with van der Waals surface area (Å²) in [6, 6.07) is 4.87. The predicted molar refractivity (Wildman–Crippen MR) is 70.9 cm³/mol. The smallest absolute Gasteiger partial charge is 0.308 e. The monoisotopic (exact) mass is 289 g/mol. The Hall–Kier alpha value is -1.26. The van der Waals surface area contributed by atoms with E-state index in [9.17, 15) is 9.59 Å². The van der Waals surface area contributed by atoms with Crippen LogP contribution in [-0.4, -0.2) is 18.5 Å². The van der Waals surface area contributed by atoms with Gasteiger partial charge in [0.1, 0.15) is 0 Å². The van der Waals surface area contributed by atoms with E-state index in [1.54, 1.807) is 32.0 Å². The summed E-state index contributed by atoms with van der Waals surface area (Å²) in [5, 5.41) is 3.11. The quantitative estimate of drug-likeness (QED) is 0.867. The lowest BCUT2D eigenvalue weighted by Gasteiger charge is -2.09. The van der Waals surface area contributed by atoms with Gasteiger partial charge in [-0.05, 0) is 12.1 Å². The van der Waals surface area contributed by atoms with Crippen LogP contribution in [0.25, 0.3) is 0 Å². The van der Waals surface area contributed by atoms with Crippen molar-refractivity contribution in [3.63, 3.8) is 0 Å². The van der Waals surface area contributed by atoms with Gasteiger partial charge < -0.3 is 10.1 Å². The van der Waals surface area contributed by atoms with E-state index in [-0.39, 0.29) is 17.5 Å². The van der Waals surface area contributed by atoms with Crippen molar-refractivity contribution in [3.05, 3.63) is 28.2 Å². The maximum absolute atomic E-state index is 11.5. The maximum Gasteiger partial charge on any atom is 0.308 e. The molecule has 0 radical (unpaired) electrons. The lowest BCUT2D eigenvalue weighted by atomic mass is 10.2. The highest BCUT2D eigenvalue weighted by Gasteiger charge is 2.12. The van der Waals surface area contributed by atoms with Crippen molar-refractivity contribution >= 4 is 40.8 Å². The molecule has 18 heavy (non-hydrogen) atoms. The highest BCUT2D eigenvalue weighted by molar-refractivity contribution is 6.43. The number of carbonyl (C=O) groups is 2. The summed E-state index contributed by atoms with van der Waals surface area (Å²) in [7, 11) is 0. The van der Waals surface area contributed by atoms with Gasteiger partial charge in [-0.1, -0.05) is 43.1 Å². The fraction of sp³-hybridized carbons (Fsp3) is 0.333. The van der Waals surface area contributed by atoms with Gasteiger partial charge in [-0.3, -0.25) is 9.59 Å². The van der Waals surface area contributed by atoms with Crippen LogP contribution in [0.1, 0.15) is 13.8 Å². The van der Waals surface area contributed by atoms with E-state index >= 15 is 0 Å². The number of amides is 1. The maximum atomic E-state index is 11.5. The summed E-state index contributed by atoms with van der Waals surface area (Å²) >= 11 is 11.7. The molecule has 0 atom stereocenters. The third kappa shape index (κ3) is 4.20. The fourth-order valence-corrected chi connectivity index (χ4v) is 1.44. The molecule has 6 heteroatoms. The molecule has 0 unspecified atom stereocenters. The zero-order valence-electron chi connectivity index (χ0n) is 10.00. The molecule has 98 valence electrons. The molecule has 0 bridgehead atoms. The number of hydrogen-bond acceptors (Lipinski definition) is 3. The van der Waals surface area contributed by atoms with Crippen molar-refractivity contribution in [2.24, 2.45) is 5.92 Å². The number of ether oxygens (including phenoxy) is 1. The molecule has 1 aromatic carbocycles. The highest BCUT2D eigenvalue weighted by Crippen LogP contribution is 2.29. The molecule has 0 aliphatic heterocycles. The molecule has 0 fully saturated rings. The molecule has 0 aromatic heterocycles. The van der Waals surface area contributed by atoms with Gasteiger partial charge in [0.05, 0.1) is 21.7 Å². The Labute approximate surface area is 115 Å². The van der Waals surface area contributed by atoms with Crippen LogP contribution < -0.4 is 5.32 Å². The summed E-state index contributed by atoms with van der Waals surface area (Å²) in [4.78, 5) is 22.7. The van der Waals surface area contributed by atoms with Crippen LogP contribution in [0.2, 0.25) is 10.0 Å². The number of hydrogen-bond donors (Lipinski definition) is 1. The number of anilines is 1. The van der Waals surface area contributed by atoms with E-state index in [1.165, 1.54) is 0 Å². The number of carbonyl (C=O) groups excluding carboxylic acids is 2. The normalized spacial score (nSPS) is 10.3. The Bertz CT molecular complexity index is 461. The molecular weight excluding hydrogens is 277 g/mol. The van der Waals surface area contributed by atoms with Gasteiger partial charge in [-0.15, -0.1) is 0 Å². The number of esters is 1. The number of nitrogens with one attached hydrogen (secondary N) is 1. The topological polar surface area (TPSA) is 55.4 Å². The van der Waals surface area contributed by atoms with Crippen LogP contribution >= 0.6 is 23.2 Å². The van der Waals surface area contributed by atoms with E-state index in [2.05, 4.69) is 5.32 Å². The van der Waals surface area contributed by atoms with E-state index in [1.807, 2.05) is 0 Å². The minimum absolute atomic E-state index is 0.253. The van der Waals surface area contributed by atoms with Crippen molar-refractivity contribution in [3.8, 4) is 0 Å². The molecule has 4 nitrogen and oxygen atoms in total.